The fourth-order valence-corrected chi connectivity index (χ4v) is 4.15. The molecule has 0 saturated carbocycles. The molecular formula is C30H44N6O8. The van der Waals surface area contributed by atoms with Gasteiger partial charge in [0.15, 0.2) is 0 Å². The van der Waals surface area contributed by atoms with Crippen molar-refractivity contribution in [3.8, 4) is 23.0 Å². The molecule has 2 rings (SSSR count). The summed E-state index contributed by atoms with van der Waals surface area (Å²) in [7, 11) is 7.51. The number of methoxy groups -OCH3 is 4. The van der Waals surface area contributed by atoms with Crippen molar-refractivity contribution in [1.29, 1.82) is 0 Å². The predicted molar refractivity (Wildman–Crippen MR) is 165 cm³/mol. The third-order valence-corrected chi connectivity index (χ3v) is 6.50. The highest BCUT2D eigenvalue weighted by Crippen LogP contribution is 2.30. The lowest BCUT2D eigenvalue weighted by molar-refractivity contribution is 0.0937. The zero-order valence-corrected chi connectivity index (χ0v) is 26.0. The summed E-state index contributed by atoms with van der Waals surface area (Å²) in [5.41, 5.74) is 6.20. The molecule has 44 heavy (non-hydrogen) atoms. The molecule has 0 aromatic heterocycles. The lowest BCUT2D eigenvalue weighted by Crippen LogP contribution is -2.31. The monoisotopic (exact) mass is 616 g/mol. The molecular weight excluding hydrogens is 572 g/mol. The molecule has 0 aliphatic rings. The molecule has 0 atom stereocenters. The van der Waals surface area contributed by atoms with Crippen LogP contribution in [0.3, 0.4) is 0 Å². The van der Waals surface area contributed by atoms with E-state index in [9.17, 15) is 19.2 Å². The molecule has 2 aromatic carbocycles. The summed E-state index contributed by atoms with van der Waals surface area (Å²) in [5.74, 6) is -0.683. The van der Waals surface area contributed by atoms with Crippen LogP contribution in [0.15, 0.2) is 24.3 Å². The maximum Gasteiger partial charge on any atom is 0.255 e. The number of carbonyl (C=O) groups excluding carboxylic acids is 4. The average Bonchev–Trinajstić information content (AvgIpc) is 3.04. The normalized spacial score (nSPS) is 10.4. The van der Waals surface area contributed by atoms with Gasteiger partial charge in [0.25, 0.3) is 23.6 Å². The smallest absolute Gasteiger partial charge is 0.255 e. The summed E-state index contributed by atoms with van der Waals surface area (Å²) >= 11 is 0. The van der Waals surface area contributed by atoms with E-state index in [1.807, 2.05) is 7.05 Å². The van der Waals surface area contributed by atoms with Crippen molar-refractivity contribution in [3.05, 3.63) is 46.5 Å². The first-order chi connectivity index (χ1) is 21.3. The molecule has 242 valence electrons. The Morgan fingerprint density at radius 2 is 0.818 bits per heavy atom. The van der Waals surface area contributed by atoms with E-state index in [0.29, 0.717) is 32.5 Å². The number of nitrogens with two attached hydrogens (primary N) is 1. The van der Waals surface area contributed by atoms with Crippen LogP contribution >= 0.6 is 0 Å². The van der Waals surface area contributed by atoms with Crippen LogP contribution in [-0.4, -0.2) is 98.4 Å². The van der Waals surface area contributed by atoms with Crippen LogP contribution in [0.4, 0.5) is 0 Å². The highest BCUT2D eigenvalue weighted by Gasteiger charge is 2.22. The van der Waals surface area contributed by atoms with Gasteiger partial charge in [0.2, 0.25) is 0 Å². The van der Waals surface area contributed by atoms with Crippen LogP contribution < -0.4 is 51.3 Å². The Bertz CT molecular complexity index is 1290. The lowest BCUT2D eigenvalue weighted by atomic mass is 10.1. The SMILES string of the molecule is CNCCCNC(=O)c1cc(C(=O)NCCCNC(=O)c2cc(C(=O)NCCCN)c(OC)cc2OC)c(OC)cc1OC. The van der Waals surface area contributed by atoms with Crippen molar-refractivity contribution in [3.63, 3.8) is 0 Å². The molecule has 0 fully saturated rings. The summed E-state index contributed by atoms with van der Waals surface area (Å²) in [6, 6.07) is 5.82. The Kier molecular flexibility index (Phi) is 15.3. The standard InChI is InChI=1S/C30H44N6O8/c1-32-10-7-12-34-28(38)20-16-22(26(44-5)18-24(20)42-3)30(40)36-14-8-13-35-29(39)21-15-19(27(37)33-11-6-9-31)23(41-2)17-25(21)43-4/h15-18,32H,6-14,31H2,1-5H3,(H,33,37)(H,34,38)(H,35,39)(H,36,40). The largest absolute Gasteiger partial charge is 0.496 e. The summed E-state index contributed by atoms with van der Waals surface area (Å²) in [6.07, 6.45) is 1.73. The van der Waals surface area contributed by atoms with Crippen LogP contribution in [0.5, 0.6) is 23.0 Å². The Hall–Kier alpha value is -4.56. The summed E-state index contributed by atoms with van der Waals surface area (Å²) in [5, 5.41) is 14.1. The van der Waals surface area contributed by atoms with Crippen molar-refractivity contribution >= 4 is 23.6 Å². The Morgan fingerprint density at radius 1 is 0.523 bits per heavy atom. The van der Waals surface area contributed by atoms with E-state index in [0.717, 1.165) is 13.0 Å². The Morgan fingerprint density at radius 3 is 1.09 bits per heavy atom. The van der Waals surface area contributed by atoms with Gasteiger partial charge >= 0.3 is 0 Å². The number of benzene rings is 2. The third kappa shape index (κ3) is 10.0. The van der Waals surface area contributed by atoms with E-state index in [4.69, 9.17) is 24.7 Å². The highest BCUT2D eigenvalue weighted by atomic mass is 16.5. The molecule has 4 amide bonds. The zero-order valence-electron chi connectivity index (χ0n) is 26.0. The minimum absolute atomic E-state index is 0.154. The number of rotatable bonds is 19. The quantitative estimate of drug-likeness (QED) is 0.122. The van der Waals surface area contributed by atoms with Crippen LogP contribution in [0.2, 0.25) is 0 Å². The Labute approximate surface area is 257 Å². The van der Waals surface area contributed by atoms with E-state index < -0.39 is 17.7 Å². The van der Waals surface area contributed by atoms with Crippen molar-refractivity contribution in [2.24, 2.45) is 5.73 Å². The molecule has 14 heteroatoms. The highest BCUT2D eigenvalue weighted by molar-refractivity contribution is 6.04. The third-order valence-electron chi connectivity index (χ3n) is 6.50. The molecule has 7 N–H and O–H groups in total. The predicted octanol–water partition coefficient (Wildman–Crippen LogP) is 0.689. The first-order valence-corrected chi connectivity index (χ1v) is 14.3. The van der Waals surface area contributed by atoms with Crippen molar-refractivity contribution < 1.29 is 38.1 Å². The summed E-state index contributed by atoms with van der Waals surface area (Å²) in [4.78, 5) is 51.5. The average molecular weight is 617 g/mol. The van der Waals surface area contributed by atoms with Gasteiger partial charge in [0.05, 0.1) is 50.7 Å². The first kappa shape index (κ1) is 35.6. The van der Waals surface area contributed by atoms with Crippen LogP contribution in [0.25, 0.3) is 0 Å². The number of carbonyl (C=O) groups is 4. The van der Waals surface area contributed by atoms with E-state index in [-0.39, 0.29) is 64.2 Å². The van der Waals surface area contributed by atoms with E-state index in [1.54, 1.807) is 0 Å². The number of nitrogens with one attached hydrogen (secondary N) is 5. The minimum atomic E-state index is -0.464. The summed E-state index contributed by atoms with van der Waals surface area (Å²) in [6.45, 7) is 2.44. The number of ether oxygens (including phenoxy) is 4. The second-order valence-corrected chi connectivity index (χ2v) is 9.48. The maximum absolute atomic E-state index is 13.0. The maximum atomic E-state index is 13.0. The van der Waals surface area contributed by atoms with Gasteiger partial charge < -0.3 is 51.3 Å². The van der Waals surface area contributed by atoms with E-state index >= 15 is 0 Å². The molecule has 0 aliphatic heterocycles. The molecule has 0 unspecified atom stereocenters. The first-order valence-electron chi connectivity index (χ1n) is 14.3. The van der Waals surface area contributed by atoms with Gasteiger partial charge in [-0.2, -0.15) is 0 Å². The van der Waals surface area contributed by atoms with Crippen LogP contribution in [-0.2, 0) is 0 Å². The zero-order chi connectivity index (χ0) is 32.5. The van der Waals surface area contributed by atoms with Gasteiger partial charge in [0, 0.05) is 38.3 Å². The van der Waals surface area contributed by atoms with Gasteiger partial charge in [-0.25, -0.2) is 0 Å². The fourth-order valence-electron chi connectivity index (χ4n) is 4.15. The Balaban J connectivity index is 2.04. The van der Waals surface area contributed by atoms with Gasteiger partial charge in [-0.3, -0.25) is 19.2 Å². The van der Waals surface area contributed by atoms with E-state index in [2.05, 4.69) is 26.6 Å². The van der Waals surface area contributed by atoms with Gasteiger partial charge in [-0.1, -0.05) is 0 Å². The molecule has 2 aromatic rings. The van der Waals surface area contributed by atoms with Crippen molar-refractivity contribution in [2.45, 2.75) is 19.3 Å². The minimum Gasteiger partial charge on any atom is -0.496 e. The second-order valence-electron chi connectivity index (χ2n) is 9.48. The summed E-state index contributed by atoms with van der Waals surface area (Å²) < 4.78 is 21.4. The van der Waals surface area contributed by atoms with Gasteiger partial charge in [-0.15, -0.1) is 0 Å². The van der Waals surface area contributed by atoms with Crippen LogP contribution in [0, 0.1) is 0 Å². The number of hydrogen-bond acceptors (Lipinski definition) is 10. The molecule has 0 aliphatic carbocycles. The fraction of sp³-hybridized carbons (Fsp3) is 0.467. The molecule has 0 heterocycles. The van der Waals surface area contributed by atoms with Crippen molar-refractivity contribution in [2.75, 3.05) is 74.8 Å². The molecule has 0 radical (unpaired) electrons. The van der Waals surface area contributed by atoms with E-state index in [1.165, 1.54) is 52.7 Å². The van der Waals surface area contributed by atoms with Gasteiger partial charge in [0.1, 0.15) is 23.0 Å². The second kappa shape index (κ2) is 18.9. The van der Waals surface area contributed by atoms with Crippen molar-refractivity contribution in [1.82, 2.24) is 26.6 Å². The molecule has 0 spiro atoms. The van der Waals surface area contributed by atoms with Gasteiger partial charge in [-0.05, 0) is 51.5 Å². The number of hydrogen-bond donors (Lipinski definition) is 6. The molecule has 0 saturated heterocycles. The molecule has 14 nitrogen and oxygen atoms in total. The molecule has 0 bridgehead atoms. The van der Waals surface area contributed by atoms with Crippen LogP contribution in [0.1, 0.15) is 60.7 Å². The number of amides is 4. The lowest BCUT2D eigenvalue weighted by Gasteiger charge is -2.16. The topological polar surface area (TPSA) is 191 Å².